The third-order valence-corrected chi connectivity index (χ3v) is 4.97. The van der Waals surface area contributed by atoms with Crippen LogP contribution >= 0.6 is 0 Å². The van der Waals surface area contributed by atoms with E-state index in [1.807, 2.05) is 52.0 Å². The predicted molar refractivity (Wildman–Crippen MR) is 88.2 cm³/mol. The normalized spacial score (nSPS) is 12.6. The molecule has 0 heterocycles. The van der Waals surface area contributed by atoms with E-state index >= 15 is 0 Å². The van der Waals surface area contributed by atoms with Crippen LogP contribution in [0.3, 0.4) is 0 Å². The Morgan fingerprint density at radius 3 is 1.90 bits per heavy atom. The summed E-state index contributed by atoms with van der Waals surface area (Å²) in [5.74, 6) is 0.645. The summed E-state index contributed by atoms with van der Waals surface area (Å²) in [7, 11) is -3.32. The van der Waals surface area contributed by atoms with Crippen LogP contribution in [-0.4, -0.2) is 25.8 Å². The lowest BCUT2D eigenvalue weighted by atomic mass is 10.1. The van der Waals surface area contributed by atoms with Crippen LogP contribution in [0.25, 0.3) is 0 Å². The minimum atomic E-state index is -3.32. The van der Waals surface area contributed by atoms with Gasteiger partial charge in [0.2, 0.25) is 10.0 Å². The second-order valence-electron chi connectivity index (χ2n) is 6.33. The fraction of sp³-hybridized carbons (Fsp3) is 0.625. The molecule has 1 rings (SSSR count). The van der Waals surface area contributed by atoms with Gasteiger partial charge in [-0.25, -0.2) is 12.7 Å². The van der Waals surface area contributed by atoms with Gasteiger partial charge < -0.3 is 5.73 Å². The molecule has 0 saturated carbocycles. The Balaban J connectivity index is 3.00. The Hall–Kier alpha value is -0.910. The first-order valence-corrected chi connectivity index (χ1v) is 9.11. The molecule has 0 fully saturated rings. The zero-order chi connectivity index (χ0) is 16.0. The van der Waals surface area contributed by atoms with Gasteiger partial charge >= 0.3 is 0 Å². The maximum atomic E-state index is 12.7. The third-order valence-electron chi connectivity index (χ3n) is 3.21. The van der Waals surface area contributed by atoms with Crippen molar-refractivity contribution in [2.24, 2.45) is 17.6 Å². The first-order chi connectivity index (χ1) is 9.76. The maximum absolute atomic E-state index is 12.7. The summed E-state index contributed by atoms with van der Waals surface area (Å²) in [6.45, 7) is 9.64. The Bertz CT molecular complexity index is 529. The first kappa shape index (κ1) is 18.1. The summed E-state index contributed by atoms with van der Waals surface area (Å²) in [4.78, 5) is 0. The van der Waals surface area contributed by atoms with Gasteiger partial charge in [0.05, 0.1) is 5.75 Å². The van der Waals surface area contributed by atoms with Crippen molar-refractivity contribution < 1.29 is 8.42 Å². The molecule has 0 spiro atoms. The van der Waals surface area contributed by atoms with Crippen LogP contribution in [0.1, 0.15) is 38.8 Å². The second kappa shape index (κ2) is 7.92. The average molecular weight is 312 g/mol. The van der Waals surface area contributed by atoms with Gasteiger partial charge in [-0.05, 0) is 23.0 Å². The standard InChI is InChI=1S/C16H28N2O2S/c1-13(2)10-18(11-14(3)4)21(19,20)12-16-8-6-5-7-15(16)9-17/h5-8,13-14H,9-12,17H2,1-4H3. The average Bonchev–Trinajstić information content (AvgIpc) is 2.37. The van der Waals surface area contributed by atoms with Crippen LogP contribution in [-0.2, 0) is 22.3 Å². The van der Waals surface area contributed by atoms with Crippen molar-refractivity contribution in [2.75, 3.05) is 13.1 Å². The Morgan fingerprint density at radius 1 is 1.00 bits per heavy atom. The van der Waals surface area contributed by atoms with Gasteiger partial charge in [0, 0.05) is 19.6 Å². The molecular weight excluding hydrogens is 284 g/mol. The zero-order valence-corrected chi connectivity index (χ0v) is 14.4. The largest absolute Gasteiger partial charge is 0.326 e. The Labute approximate surface area is 129 Å². The summed E-state index contributed by atoms with van der Waals surface area (Å²) < 4.78 is 27.1. The molecule has 0 unspecified atom stereocenters. The maximum Gasteiger partial charge on any atom is 0.218 e. The summed E-state index contributed by atoms with van der Waals surface area (Å²) in [6.07, 6.45) is 0. The lowest BCUT2D eigenvalue weighted by molar-refractivity contribution is 0.333. The molecule has 0 aliphatic carbocycles. The van der Waals surface area contributed by atoms with Crippen molar-refractivity contribution in [1.29, 1.82) is 0 Å². The molecule has 2 N–H and O–H groups in total. The van der Waals surface area contributed by atoms with Crippen LogP contribution in [0.5, 0.6) is 0 Å². The molecule has 0 atom stereocenters. The van der Waals surface area contributed by atoms with E-state index in [0.29, 0.717) is 31.5 Å². The SMILES string of the molecule is CC(C)CN(CC(C)C)S(=O)(=O)Cc1ccccc1CN. The van der Waals surface area contributed by atoms with E-state index in [-0.39, 0.29) is 5.75 Å². The van der Waals surface area contributed by atoms with E-state index in [1.165, 1.54) is 0 Å². The van der Waals surface area contributed by atoms with Crippen molar-refractivity contribution in [1.82, 2.24) is 4.31 Å². The lowest BCUT2D eigenvalue weighted by Gasteiger charge is -2.26. The van der Waals surface area contributed by atoms with E-state index in [0.717, 1.165) is 11.1 Å². The highest BCUT2D eigenvalue weighted by atomic mass is 32.2. The lowest BCUT2D eigenvalue weighted by Crippen LogP contribution is -2.37. The van der Waals surface area contributed by atoms with Crippen LogP contribution < -0.4 is 5.73 Å². The van der Waals surface area contributed by atoms with Gasteiger partial charge in [-0.2, -0.15) is 0 Å². The Morgan fingerprint density at radius 2 is 1.48 bits per heavy atom. The van der Waals surface area contributed by atoms with Crippen molar-refractivity contribution in [3.63, 3.8) is 0 Å². The van der Waals surface area contributed by atoms with E-state index in [4.69, 9.17) is 5.73 Å². The van der Waals surface area contributed by atoms with Crippen LogP contribution in [0.4, 0.5) is 0 Å². The van der Waals surface area contributed by atoms with Crippen LogP contribution in [0, 0.1) is 11.8 Å². The van der Waals surface area contributed by atoms with Gasteiger partial charge in [0.15, 0.2) is 0 Å². The molecule has 0 aliphatic rings. The van der Waals surface area contributed by atoms with Crippen molar-refractivity contribution >= 4 is 10.0 Å². The Kier molecular flexibility index (Phi) is 6.84. The van der Waals surface area contributed by atoms with Crippen molar-refractivity contribution in [3.05, 3.63) is 35.4 Å². The molecule has 0 bridgehead atoms. The summed E-state index contributed by atoms with van der Waals surface area (Å²) in [5.41, 5.74) is 7.40. The number of rotatable bonds is 8. The molecule has 5 heteroatoms. The number of nitrogens with zero attached hydrogens (tertiary/aromatic N) is 1. The number of benzene rings is 1. The number of sulfonamides is 1. The van der Waals surface area contributed by atoms with Crippen molar-refractivity contribution in [2.45, 2.75) is 40.0 Å². The molecule has 1 aromatic rings. The summed E-state index contributed by atoms with van der Waals surface area (Å²) in [5, 5.41) is 0. The topological polar surface area (TPSA) is 63.4 Å². The van der Waals surface area contributed by atoms with Gasteiger partial charge in [0.1, 0.15) is 0 Å². The van der Waals surface area contributed by atoms with Gasteiger partial charge in [-0.15, -0.1) is 0 Å². The number of nitrogens with two attached hydrogens (primary N) is 1. The van der Waals surface area contributed by atoms with Crippen LogP contribution in [0.15, 0.2) is 24.3 Å². The highest BCUT2D eigenvalue weighted by Crippen LogP contribution is 2.17. The minimum Gasteiger partial charge on any atom is -0.326 e. The van der Waals surface area contributed by atoms with Gasteiger partial charge in [0.25, 0.3) is 0 Å². The zero-order valence-electron chi connectivity index (χ0n) is 13.5. The number of hydrogen-bond donors (Lipinski definition) is 1. The van der Waals surface area contributed by atoms with E-state index in [9.17, 15) is 8.42 Å². The van der Waals surface area contributed by atoms with E-state index in [1.54, 1.807) is 4.31 Å². The fourth-order valence-electron chi connectivity index (χ4n) is 2.30. The molecule has 120 valence electrons. The second-order valence-corrected chi connectivity index (χ2v) is 8.30. The van der Waals surface area contributed by atoms with Gasteiger partial charge in [-0.3, -0.25) is 0 Å². The molecule has 0 aliphatic heterocycles. The summed E-state index contributed by atoms with van der Waals surface area (Å²) in [6, 6.07) is 7.49. The molecular formula is C16H28N2O2S. The quantitative estimate of drug-likeness (QED) is 0.802. The molecule has 4 nitrogen and oxygen atoms in total. The molecule has 0 saturated heterocycles. The number of hydrogen-bond acceptors (Lipinski definition) is 3. The monoisotopic (exact) mass is 312 g/mol. The van der Waals surface area contributed by atoms with Gasteiger partial charge in [-0.1, -0.05) is 52.0 Å². The molecule has 0 aromatic heterocycles. The van der Waals surface area contributed by atoms with Crippen LogP contribution in [0.2, 0.25) is 0 Å². The molecule has 21 heavy (non-hydrogen) atoms. The smallest absolute Gasteiger partial charge is 0.218 e. The van der Waals surface area contributed by atoms with E-state index < -0.39 is 10.0 Å². The molecule has 0 amide bonds. The predicted octanol–water partition coefficient (Wildman–Crippen LogP) is 2.59. The van der Waals surface area contributed by atoms with E-state index in [2.05, 4.69) is 0 Å². The third kappa shape index (κ3) is 5.77. The minimum absolute atomic E-state index is 0.0276. The molecule has 1 aromatic carbocycles. The van der Waals surface area contributed by atoms with Crippen molar-refractivity contribution in [3.8, 4) is 0 Å². The fourth-order valence-corrected chi connectivity index (χ4v) is 4.21. The first-order valence-electron chi connectivity index (χ1n) is 7.51. The highest BCUT2D eigenvalue weighted by Gasteiger charge is 2.24. The molecule has 0 radical (unpaired) electrons. The highest BCUT2D eigenvalue weighted by molar-refractivity contribution is 7.88. The summed E-state index contributed by atoms with van der Waals surface area (Å²) >= 11 is 0.